The van der Waals surface area contributed by atoms with Gasteiger partial charge in [-0.05, 0) is 19.8 Å². The number of thiazole rings is 1. The third-order valence-corrected chi connectivity index (χ3v) is 6.01. The lowest BCUT2D eigenvalue weighted by Crippen LogP contribution is -2.60. The number of aromatic nitrogens is 3. The SMILES string of the molecule is Cc1nc(CN2CCC23CCN(C(=O)c2cncn2C)C3)cs1. The first-order valence-corrected chi connectivity index (χ1v) is 8.87. The molecule has 0 aromatic carbocycles. The van der Waals surface area contributed by atoms with Gasteiger partial charge in [0.1, 0.15) is 5.69 Å². The molecule has 2 fully saturated rings. The number of rotatable bonds is 3. The third-order valence-electron chi connectivity index (χ3n) is 5.19. The number of aryl methyl sites for hydroxylation is 2. The Labute approximate surface area is 139 Å². The van der Waals surface area contributed by atoms with E-state index in [2.05, 4.69) is 20.2 Å². The molecular formula is C16H21N5OS. The van der Waals surface area contributed by atoms with E-state index in [-0.39, 0.29) is 11.4 Å². The lowest BCUT2D eigenvalue weighted by Gasteiger charge is -2.50. The highest BCUT2D eigenvalue weighted by Gasteiger charge is 2.50. The Morgan fingerprint density at radius 2 is 2.22 bits per heavy atom. The molecule has 6 nitrogen and oxygen atoms in total. The van der Waals surface area contributed by atoms with Gasteiger partial charge in [0.05, 0.1) is 23.2 Å². The molecule has 7 heteroatoms. The van der Waals surface area contributed by atoms with Crippen molar-refractivity contribution in [2.24, 2.45) is 7.05 Å². The lowest BCUT2D eigenvalue weighted by atomic mass is 9.83. The zero-order chi connectivity index (χ0) is 16.0. The molecule has 0 radical (unpaired) electrons. The molecule has 0 N–H and O–H groups in total. The molecule has 1 spiro atoms. The number of hydrogen-bond acceptors (Lipinski definition) is 5. The van der Waals surface area contributed by atoms with Gasteiger partial charge in [-0.1, -0.05) is 0 Å². The molecule has 2 saturated heterocycles. The Morgan fingerprint density at radius 3 is 2.83 bits per heavy atom. The van der Waals surface area contributed by atoms with E-state index in [9.17, 15) is 4.79 Å². The summed E-state index contributed by atoms with van der Waals surface area (Å²) in [5.41, 5.74) is 1.98. The summed E-state index contributed by atoms with van der Waals surface area (Å²) in [7, 11) is 1.87. The molecule has 0 aliphatic carbocycles. The minimum atomic E-state index is 0.0956. The van der Waals surface area contributed by atoms with Crippen molar-refractivity contribution < 1.29 is 4.79 Å². The highest BCUT2D eigenvalue weighted by molar-refractivity contribution is 7.09. The lowest BCUT2D eigenvalue weighted by molar-refractivity contribution is -0.0140. The van der Waals surface area contributed by atoms with Gasteiger partial charge in [-0.3, -0.25) is 9.69 Å². The summed E-state index contributed by atoms with van der Waals surface area (Å²) in [4.78, 5) is 25.8. The van der Waals surface area contributed by atoms with Gasteiger partial charge >= 0.3 is 0 Å². The predicted molar refractivity (Wildman–Crippen MR) is 88.3 cm³/mol. The number of hydrogen-bond donors (Lipinski definition) is 0. The first-order chi connectivity index (χ1) is 11.1. The van der Waals surface area contributed by atoms with Crippen LogP contribution in [0.5, 0.6) is 0 Å². The van der Waals surface area contributed by atoms with E-state index in [1.165, 1.54) is 6.42 Å². The maximum atomic E-state index is 12.7. The predicted octanol–water partition coefficient (Wildman–Crippen LogP) is 1.68. The zero-order valence-electron chi connectivity index (χ0n) is 13.5. The molecule has 2 aliphatic heterocycles. The Kier molecular flexibility index (Phi) is 3.50. The third kappa shape index (κ3) is 2.48. The van der Waals surface area contributed by atoms with Gasteiger partial charge in [0, 0.05) is 44.1 Å². The summed E-state index contributed by atoms with van der Waals surface area (Å²) in [5.74, 6) is 0.0956. The van der Waals surface area contributed by atoms with E-state index >= 15 is 0 Å². The normalized spacial score (nSPS) is 24.3. The van der Waals surface area contributed by atoms with Crippen LogP contribution in [0.25, 0.3) is 0 Å². The fraction of sp³-hybridized carbons (Fsp3) is 0.562. The number of carbonyl (C=O) groups excluding carboxylic acids is 1. The summed E-state index contributed by atoms with van der Waals surface area (Å²) < 4.78 is 1.80. The monoisotopic (exact) mass is 331 g/mol. The van der Waals surface area contributed by atoms with E-state index in [0.29, 0.717) is 5.69 Å². The molecule has 122 valence electrons. The van der Waals surface area contributed by atoms with E-state index in [0.717, 1.165) is 43.3 Å². The van der Waals surface area contributed by atoms with Gasteiger partial charge in [0.15, 0.2) is 0 Å². The van der Waals surface area contributed by atoms with Crippen molar-refractivity contribution in [1.29, 1.82) is 0 Å². The largest absolute Gasteiger partial charge is 0.335 e. The Hall–Kier alpha value is -1.73. The molecule has 23 heavy (non-hydrogen) atoms. The number of likely N-dealkylation sites (tertiary alicyclic amines) is 2. The van der Waals surface area contributed by atoms with E-state index in [1.54, 1.807) is 28.4 Å². The van der Waals surface area contributed by atoms with Crippen molar-refractivity contribution in [1.82, 2.24) is 24.3 Å². The van der Waals surface area contributed by atoms with Crippen molar-refractivity contribution in [3.63, 3.8) is 0 Å². The molecule has 0 bridgehead atoms. The number of carbonyl (C=O) groups is 1. The van der Waals surface area contributed by atoms with Crippen LogP contribution in [0.1, 0.15) is 34.0 Å². The van der Waals surface area contributed by atoms with Crippen LogP contribution in [0.2, 0.25) is 0 Å². The fourth-order valence-electron chi connectivity index (χ4n) is 3.73. The van der Waals surface area contributed by atoms with Gasteiger partial charge in [0.2, 0.25) is 0 Å². The van der Waals surface area contributed by atoms with Crippen LogP contribution in [0, 0.1) is 6.92 Å². The van der Waals surface area contributed by atoms with Crippen molar-refractivity contribution >= 4 is 17.2 Å². The second-order valence-electron chi connectivity index (χ2n) is 6.62. The summed E-state index contributed by atoms with van der Waals surface area (Å²) in [6.07, 6.45) is 5.56. The summed E-state index contributed by atoms with van der Waals surface area (Å²) in [6, 6.07) is 0. The maximum absolute atomic E-state index is 12.7. The maximum Gasteiger partial charge on any atom is 0.272 e. The minimum absolute atomic E-state index is 0.0956. The van der Waals surface area contributed by atoms with Gasteiger partial charge < -0.3 is 9.47 Å². The molecule has 2 aromatic heterocycles. The van der Waals surface area contributed by atoms with Crippen molar-refractivity contribution in [3.05, 3.63) is 34.3 Å². The van der Waals surface area contributed by atoms with Crippen LogP contribution in [-0.4, -0.2) is 55.4 Å². The van der Waals surface area contributed by atoms with Crippen LogP contribution in [-0.2, 0) is 13.6 Å². The average molecular weight is 331 g/mol. The highest BCUT2D eigenvalue weighted by atomic mass is 32.1. The summed E-state index contributed by atoms with van der Waals surface area (Å²) in [6.45, 7) is 5.70. The Balaban J connectivity index is 1.45. The van der Waals surface area contributed by atoms with E-state index in [1.807, 2.05) is 18.9 Å². The van der Waals surface area contributed by atoms with Gasteiger partial charge in [-0.15, -0.1) is 11.3 Å². The van der Waals surface area contributed by atoms with E-state index < -0.39 is 0 Å². The molecule has 4 rings (SSSR count). The molecule has 1 amide bonds. The van der Waals surface area contributed by atoms with Crippen LogP contribution in [0.15, 0.2) is 17.9 Å². The molecule has 1 atom stereocenters. The smallest absolute Gasteiger partial charge is 0.272 e. The Bertz CT molecular complexity index is 738. The van der Waals surface area contributed by atoms with Crippen LogP contribution in [0.3, 0.4) is 0 Å². The van der Waals surface area contributed by atoms with Crippen molar-refractivity contribution in [3.8, 4) is 0 Å². The van der Waals surface area contributed by atoms with E-state index in [4.69, 9.17) is 0 Å². The zero-order valence-corrected chi connectivity index (χ0v) is 14.3. The van der Waals surface area contributed by atoms with Gasteiger partial charge in [0.25, 0.3) is 5.91 Å². The molecule has 2 aromatic rings. The number of nitrogens with zero attached hydrogens (tertiary/aromatic N) is 5. The molecular weight excluding hydrogens is 310 g/mol. The van der Waals surface area contributed by atoms with Crippen molar-refractivity contribution in [2.75, 3.05) is 19.6 Å². The second kappa shape index (κ2) is 5.42. The first-order valence-electron chi connectivity index (χ1n) is 7.99. The standard InChI is InChI=1S/C16H21N5OS/c1-12-18-13(9-23-12)8-21-6-4-16(21)3-5-20(10-16)15(22)14-7-17-11-19(14)2/h7,9,11H,3-6,8,10H2,1-2H3. The van der Waals surface area contributed by atoms with Crippen LogP contribution in [0.4, 0.5) is 0 Å². The van der Waals surface area contributed by atoms with Crippen LogP contribution < -0.4 is 0 Å². The topological polar surface area (TPSA) is 54.3 Å². The second-order valence-corrected chi connectivity index (χ2v) is 7.68. The number of imidazole rings is 1. The molecule has 2 aliphatic rings. The molecule has 4 heterocycles. The van der Waals surface area contributed by atoms with Crippen molar-refractivity contribution in [2.45, 2.75) is 31.8 Å². The molecule has 1 unspecified atom stereocenters. The van der Waals surface area contributed by atoms with Gasteiger partial charge in [-0.25, -0.2) is 9.97 Å². The summed E-state index contributed by atoms with van der Waals surface area (Å²) >= 11 is 1.71. The summed E-state index contributed by atoms with van der Waals surface area (Å²) in [5, 5.41) is 3.27. The average Bonchev–Trinajstić information content (AvgIpc) is 3.23. The molecule has 0 saturated carbocycles. The minimum Gasteiger partial charge on any atom is -0.335 e. The van der Waals surface area contributed by atoms with Gasteiger partial charge in [-0.2, -0.15) is 0 Å². The van der Waals surface area contributed by atoms with Crippen LogP contribution >= 0.6 is 11.3 Å². The fourth-order valence-corrected chi connectivity index (χ4v) is 4.33. The first kappa shape index (κ1) is 14.8. The quantitative estimate of drug-likeness (QED) is 0.859. The highest BCUT2D eigenvalue weighted by Crippen LogP contribution is 2.40. The number of amides is 1. The Morgan fingerprint density at radius 1 is 1.39 bits per heavy atom.